The fraction of sp³-hybridized carbons (Fsp3) is 0.533. The summed E-state index contributed by atoms with van der Waals surface area (Å²) in [6.07, 6.45) is 7.17. The topological polar surface area (TPSA) is 73.7 Å². The van der Waals surface area contributed by atoms with Crippen molar-refractivity contribution in [2.75, 3.05) is 44.9 Å². The molecule has 39 heavy (non-hydrogen) atoms. The van der Waals surface area contributed by atoms with Gasteiger partial charge in [0.1, 0.15) is 30.8 Å². The first kappa shape index (κ1) is 27.6. The summed E-state index contributed by atoms with van der Waals surface area (Å²) in [7, 11) is 1.74. The number of hydrogen-bond acceptors (Lipinski definition) is 7. The number of piperidine rings is 1. The molecule has 0 bridgehead atoms. The van der Waals surface area contributed by atoms with E-state index in [1.807, 2.05) is 16.8 Å². The van der Waals surface area contributed by atoms with Gasteiger partial charge in [-0.05, 0) is 61.1 Å². The number of fused-ring (bicyclic) bond motifs is 1. The minimum Gasteiger partial charge on any atom is -0.490 e. The second kappa shape index (κ2) is 13.4. The third-order valence-electron chi connectivity index (χ3n) is 7.96. The number of nitrogens with one attached hydrogen (secondary N) is 1. The molecule has 4 atom stereocenters. The normalized spacial score (nSPS) is 21.8. The van der Waals surface area contributed by atoms with Gasteiger partial charge in [0, 0.05) is 38.8 Å². The van der Waals surface area contributed by atoms with Crippen LogP contribution in [0.4, 0.5) is 10.1 Å². The molecular formula is C30H40FN5O3. The van der Waals surface area contributed by atoms with Gasteiger partial charge >= 0.3 is 0 Å². The predicted octanol–water partition coefficient (Wildman–Crippen LogP) is 4.72. The van der Waals surface area contributed by atoms with Crippen LogP contribution in [-0.2, 0) is 16.1 Å². The molecule has 0 saturated carbocycles. The van der Waals surface area contributed by atoms with Gasteiger partial charge in [-0.2, -0.15) is 5.10 Å². The largest absolute Gasteiger partial charge is 0.490 e. The molecule has 3 heterocycles. The zero-order valence-electron chi connectivity index (χ0n) is 23.0. The van der Waals surface area contributed by atoms with Crippen LogP contribution in [0.1, 0.15) is 55.7 Å². The lowest BCUT2D eigenvalue weighted by Crippen LogP contribution is -2.47. The summed E-state index contributed by atoms with van der Waals surface area (Å²) in [5, 5.41) is 8.10. The van der Waals surface area contributed by atoms with Crippen molar-refractivity contribution in [1.82, 2.24) is 20.1 Å². The molecule has 8 nitrogen and oxygen atoms in total. The maximum atomic E-state index is 13.8. The Labute approximate surface area is 230 Å². The zero-order valence-corrected chi connectivity index (χ0v) is 23.0. The molecule has 1 N–H and O–H groups in total. The number of anilines is 1. The van der Waals surface area contributed by atoms with Crippen LogP contribution in [0, 0.1) is 5.82 Å². The summed E-state index contributed by atoms with van der Waals surface area (Å²) >= 11 is 0. The molecule has 1 saturated heterocycles. The Morgan fingerprint density at radius 3 is 2.85 bits per heavy atom. The van der Waals surface area contributed by atoms with E-state index in [0.29, 0.717) is 19.3 Å². The maximum absolute atomic E-state index is 13.8. The monoisotopic (exact) mass is 537 g/mol. The van der Waals surface area contributed by atoms with Crippen molar-refractivity contribution in [3.63, 3.8) is 0 Å². The molecule has 1 aromatic heterocycles. The van der Waals surface area contributed by atoms with Crippen LogP contribution in [0.25, 0.3) is 0 Å². The van der Waals surface area contributed by atoms with E-state index in [1.165, 1.54) is 0 Å². The van der Waals surface area contributed by atoms with Crippen molar-refractivity contribution in [2.45, 2.75) is 63.3 Å². The maximum Gasteiger partial charge on any atom is 0.142 e. The first-order valence-electron chi connectivity index (χ1n) is 14.1. The van der Waals surface area contributed by atoms with Crippen LogP contribution < -0.4 is 15.0 Å². The van der Waals surface area contributed by atoms with Crippen LogP contribution >= 0.6 is 0 Å². The lowest BCUT2D eigenvalue weighted by atomic mass is 9.82. The molecule has 3 aromatic rings. The highest BCUT2D eigenvalue weighted by atomic mass is 19.1. The summed E-state index contributed by atoms with van der Waals surface area (Å²) in [4.78, 5) is 6.50. The number of halogens is 1. The van der Waals surface area contributed by atoms with Crippen LogP contribution in [0.5, 0.6) is 5.75 Å². The number of methoxy groups -OCH3 is 1. The lowest BCUT2D eigenvalue weighted by molar-refractivity contribution is 0.00102. The van der Waals surface area contributed by atoms with Gasteiger partial charge in [-0.3, -0.25) is 0 Å². The molecule has 2 aromatic carbocycles. The van der Waals surface area contributed by atoms with Gasteiger partial charge in [0.25, 0.3) is 0 Å². The minimum absolute atomic E-state index is 0.0248. The standard InChI is InChI=1S/C30H40FN5O3/c1-3-26(36-21-32-20-34-36)16-25-17-27(23-6-8-24(31)9-7-23)30(18-33-25)39-19-22-5-10-29-28(15-22)35(12-14-38-29)11-4-13-37-2/h5-10,15,20-21,25-27,30,33H,3-4,11-14,16-19H2,1-2H3/t25-,26-,27?,30-/m0/s1. The van der Waals surface area contributed by atoms with E-state index in [1.54, 1.807) is 31.9 Å². The van der Waals surface area contributed by atoms with E-state index in [9.17, 15) is 4.39 Å². The number of rotatable bonds is 12. The van der Waals surface area contributed by atoms with Gasteiger partial charge in [0.15, 0.2) is 0 Å². The molecule has 1 unspecified atom stereocenters. The SMILES string of the molecule is CC[C@@H](C[C@H]1CC(c2ccc(F)cc2)[C@@H](OCc2ccc3c(c2)N(CCCOC)CCO3)CN1)n1cncn1. The molecule has 0 aliphatic carbocycles. The van der Waals surface area contributed by atoms with Crippen molar-refractivity contribution in [2.24, 2.45) is 0 Å². The van der Waals surface area contributed by atoms with E-state index >= 15 is 0 Å². The fourth-order valence-corrected chi connectivity index (χ4v) is 5.82. The number of benzene rings is 2. The van der Waals surface area contributed by atoms with Crippen molar-refractivity contribution >= 4 is 5.69 Å². The van der Waals surface area contributed by atoms with Gasteiger partial charge in [-0.15, -0.1) is 0 Å². The highest BCUT2D eigenvalue weighted by Crippen LogP contribution is 2.35. The predicted molar refractivity (Wildman–Crippen MR) is 149 cm³/mol. The molecule has 5 rings (SSSR count). The van der Waals surface area contributed by atoms with Crippen molar-refractivity contribution in [3.05, 3.63) is 72.1 Å². The number of ether oxygens (including phenoxy) is 3. The molecule has 210 valence electrons. The number of hydrogen-bond donors (Lipinski definition) is 1. The highest BCUT2D eigenvalue weighted by Gasteiger charge is 2.33. The highest BCUT2D eigenvalue weighted by molar-refractivity contribution is 5.61. The summed E-state index contributed by atoms with van der Waals surface area (Å²) in [5.41, 5.74) is 3.35. The first-order valence-corrected chi connectivity index (χ1v) is 14.1. The van der Waals surface area contributed by atoms with Crippen LogP contribution in [0.15, 0.2) is 55.1 Å². The molecular weight excluding hydrogens is 497 g/mol. The van der Waals surface area contributed by atoms with Crippen LogP contribution in [-0.4, -0.2) is 66.9 Å². The van der Waals surface area contributed by atoms with E-state index < -0.39 is 0 Å². The van der Waals surface area contributed by atoms with Crippen molar-refractivity contribution in [3.8, 4) is 5.75 Å². The minimum atomic E-state index is -0.217. The van der Waals surface area contributed by atoms with Crippen LogP contribution in [0.2, 0.25) is 0 Å². The average Bonchev–Trinajstić information content (AvgIpc) is 3.51. The summed E-state index contributed by atoms with van der Waals surface area (Å²) in [5.74, 6) is 0.869. The summed E-state index contributed by atoms with van der Waals surface area (Å²) < 4.78 is 33.4. The average molecular weight is 538 g/mol. The molecule has 2 aliphatic heterocycles. The van der Waals surface area contributed by atoms with Gasteiger partial charge in [-0.1, -0.05) is 25.1 Å². The van der Waals surface area contributed by atoms with Gasteiger partial charge in [0.05, 0.1) is 31.0 Å². The Morgan fingerprint density at radius 2 is 2.08 bits per heavy atom. The molecule has 0 amide bonds. The molecule has 9 heteroatoms. The lowest BCUT2D eigenvalue weighted by Gasteiger charge is -2.38. The third-order valence-corrected chi connectivity index (χ3v) is 7.96. The second-order valence-corrected chi connectivity index (χ2v) is 10.5. The van der Waals surface area contributed by atoms with E-state index in [-0.39, 0.29) is 23.9 Å². The van der Waals surface area contributed by atoms with Gasteiger partial charge < -0.3 is 24.4 Å². The quantitative estimate of drug-likeness (QED) is 0.335. The Bertz CT molecular complexity index is 1160. The number of aromatic nitrogens is 3. The molecule has 2 aliphatic rings. The Hall–Kier alpha value is -3.01. The van der Waals surface area contributed by atoms with E-state index in [2.05, 4.69) is 45.4 Å². The van der Waals surface area contributed by atoms with Gasteiger partial charge in [0.2, 0.25) is 0 Å². The van der Waals surface area contributed by atoms with E-state index in [0.717, 1.165) is 74.5 Å². The van der Waals surface area contributed by atoms with Crippen molar-refractivity contribution < 1.29 is 18.6 Å². The molecule has 0 radical (unpaired) electrons. The Morgan fingerprint density at radius 1 is 1.21 bits per heavy atom. The molecule has 0 spiro atoms. The Balaban J connectivity index is 1.27. The third kappa shape index (κ3) is 6.96. The first-order chi connectivity index (χ1) is 19.1. The zero-order chi connectivity index (χ0) is 27.0. The smallest absolute Gasteiger partial charge is 0.142 e. The Kier molecular flexibility index (Phi) is 9.44. The van der Waals surface area contributed by atoms with Gasteiger partial charge in [-0.25, -0.2) is 14.1 Å². The second-order valence-electron chi connectivity index (χ2n) is 10.5. The fourth-order valence-electron chi connectivity index (χ4n) is 5.82. The van der Waals surface area contributed by atoms with Crippen LogP contribution in [0.3, 0.4) is 0 Å². The number of nitrogens with zero attached hydrogens (tertiary/aromatic N) is 4. The van der Waals surface area contributed by atoms with Crippen molar-refractivity contribution in [1.29, 1.82) is 0 Å². The van der Waals surface area contributed by atoms with E-state index in [4.69, 9.17) is 14.2 Å². The summed E-state index contributed by atoms with van der Waals surface area (Å²) in [6.45, 7) is 6.66. The molecule has 1 fully saturated rings. The summed E-state index contributed by atoms with van der Waals surface area (Å²) in [6, 6.07) is 13.8.